The Labute approximate surface area is 116 Å². The summed E-state index contributed by atoms with van der Waals surface area (Å²) in [5, 5.41) is 0. The maximum atomic E-state index is 11.7. The fraction of sp³-hybridized carbons (Fsp3) is 0.538. The number of carbonyl (C=O) groups is 1. The summed E-state index contributed by atoms with van der Waals surface area (Å²) in [6.07, 6.45) is 4.73. The van der Waals surface area contributed by atoms with Gasteiger partial charge in [-0.15, -0.1) is 0 Å². The van der Waals surface area contributed by atoms with Crippen LogP contribution in [0, 0.1) is 5.92 Å². The predicted octanol–water partition coefficient (Wildman–Crippen LogP) is 0.667. The topological polar surface area (TPSA) is 89.9 Å². The summed E-state index contributed by atoms with van der Waals surface area (Å²) >= 11 is 0. The Morgan fingerprint density at radius 2 is 2.20 bits per heavy atom. The van der Waals surface area contributed by atoms with Crippen molar-refractivity contribution in [1.82, 2.24) is 24.4 Å². The third kappa shape index (κ3) is 2.31. The first-order valence-corrected chi connectivity index (χ1v) is 6.84. The lowest BCUT2D eigenvalue weighted by Crippen LogP contribution is -2.26. The number of amides is 1. The van der Waals surface area contributed by atoms with Crippen molar-refractivity contribution in [2.75, 3.05) is 18.8 Å². The van der Waals surface area contributed by atoms with Crippen molar-refractivity contribution in [1.29, 1.82) is 0 Å². The summed E-state index contributed by atoms with van der Waals surface area (Å²) in [7, 11) is 0. The van der Waals surface area contributed by atoms with Gasteiger partial charge in [-0.1, -0.05) is 6.92 Å². The lowest BCUT2D eigenvalue weighted by molar-refractivity contribution is -0.127. The van der Waals surface area contributed by atoms with E-state index >= 15 is 0 Å². The molecule has 1 fully saturated rings. The quantitative estimate of drug-likeness (QED) is 0.884. The Hall–Kier alpha value is -2.18. The second-order valence-corrected chi connectivity index (χ2v) is 5.37. The number of fused-ring (bicyclic) bond motifs is 1. The molecule has 0 spiro atoms. The average Bonchev–Trinajstić information content (AvgIpc) is 2.95. The predicted molar refractivity (Wildman–Crippen MR) is 74.7 cm³/mol. The molecule has 1 amide bonds. The minimum Gasteiger partial charge on any atom is -0.382 e. The van der Waals surface area contributed by atoms with Gasteiger partial charge in [0.1, 0.15) is 11.8 Å². The van der Waals surface area contributed by atoms with Crippen molar-refractivity contribution in [3.63, 3.8) is 0 Å². The minimum absolute atomic E-state index is 0.263. The molecule has 1 aliphatic rings. The molecule has 1 saturated heterocycles. The Morgan fingerprint density at radius 1 is 1.35 bits per heavy atom. The Balaban J connectivity index is 1.63. The number of anilines is 1. The van der Waals surface area contributed by atoms with Gasteiger partial charge in [0.25, 0.3) is 0 Å². The highest BCUT2D eigenvalue weighted by Gasteiger charge is 2.25. The van der Waals surface area contributed by atoms with Gasteiger partial charge in [-0.05, 0) is 12.3 Å². The van der Waals surface area contributed by atoms with Crippen LogP contribution >= 0.6 is 0 Å². The van der Waals surface area contributed by atoms with Crippen LogP contribution in [-0.2, 0) is 11.3 Å². The van der Waals surface area contributed by atoms with Crippen molar-refractivity contribution < 1.29 is 4.79 Å². The van der Waals surface area contributed by atoms with E-state index in [-0.39, 0.29) is 5.91 Å². The number of aryl methyl sites for hydroxylation is 1. The summed E-state index contributed by atoms with van der Waals surface area (Å²) in [5.41, 5.74) is 7.14. The molecule has 0 radical (unpaired) electrons. The normalized spacial score (nSPS) is 19.1. The van der Waals surface area contributed by atoms with Crippen LogP contribution in [0.1, 0.15) is 19.8 Å². The van der Waals surface area contributed by atoms with Crippen LogP contribution in [0.15, 0.2) is 12.7 Å². The third-order valence-electron chi connectivity index (χ3n) is 3.66. The van der Waals surface area contributed by atoms with Gasteiger partial charge in [-0.3, -0.25) is 4.79 Å². The van der Waals surface area contributed by atoms with Gasteiger partial charge in [-0.2, -0.15) is 0 Å². The van der Waals surface area contributed by atoms with Gasteiger partial charge < -0.3 is 15.2 Å². The number of nitrogens with two attached hydrogens (primary N) is 1. The monoisotopic (exact) mass is 274 g/mol. The van der Waals surface area contributed by atoms with Crippen LogP contribution < -0.4 is 5.73 Å². The van der Waals surface area contributed by atoms with E-state index in [2.05, 4.69) is 21.9 Å². The molecule has 3 heterocycles. The highest BCUT2D eigenvalue weighted by atomic mass is 16.2. The molecule has 0 bridgehead atoms. The summed E-state index contributed by atoms with van der Waals surface area (Å²) < 4.78 is 1.96. The highest BCUT2D eigenvalue weighted by Crippen LogP contribution is 2.18. The van der Waals surface area contributed by atoms with Gasteiger partial charge in [-0.25, -0.2) is 15.0 Å². The number of carbonyl (C=O) groups excluding carboxylic acids is 1. The second kappa shape index (κ2) is 5.07. The maximum absolute atomic E-state index is 11.7. The molecule has 1 unspecified atom stereocenters. The molecule has 7 nitrogen and oxygen atoms in total. The smallest absolute Gasteiger partial charge is 0.222 e. The number of aromatic nitrogens is 4. The molecular formula is C13H18N6O. The number of nitrogen functional groups attached to an aromatic ring is 1. The maximum Gasteiger partial charge on any atom is 0.222 e. The van der Waals surface area contributed by atoms with Crippen molar-refractivity contribution in [2.45, 2.75) is 26.3 Å². The lowest BCUT2D eigenvalue weighted by atomic mass is 10.2. The van der Waals surface area contributed by atoms with Crippen molar-refractivity contribution in [3.8, 4) is 0 Å². The average molecular weight is 274 g/mol. The molecule has 1 aliphatic heterocycles. The fourth-order valence-corrected chi connectivity index (χ4v) is 2.68. The molecule has 2 aromatic rings. The number of likely N-dealkylation sites (tertiary alicyclic amines) is 1. The van der Waals surface area contributed by atoms with E-state index in [1.54, 1.807) is 6.33 Å². The molecule has 7 heteroatoms. The standard InChI is InChI=1S/C13H18N6O/c1-9-5-10(20)18(6-9)3-2-4-19-8-17-11-12(14)15-7-16-13(11)19/h7-9H,2-6H2,1H3,(H2,14,15,16). The van der Waals surface area contributed by atoms with E-state index in [0.29, 0.717) is 23.7 Å². The van der Waals surface area contributed by atoms with Crippen molar-refractivity contribution in [2.24, 2.45) is 5.92 Å². The minimum atomic E-state index is 0.263. The van der Waals surface area contributed by atoms with Crippen LogP contribution in [-0.4, -0.2) is 43.4 Å². The molecule has 3 rings (SSSR count). The molecule has 2 N–H and O–H groups in total. The fourth-order valence-electron chi connectivity index (χ4n) is 2.68. The largest absolute Gasteiger partial charge is 0.382 e. The van der Waals surface area contributed by atoms with Crippen LogP contribution in [0.3, 0.4) is 0 Å². The molecule has 1 atom stereocenters. The van der Waals surface area contributed by atoms with E-state index in [9.17, 15) is 4.79 Å². The van der Waals surface area contributed by atoms with Gasteiger partial charge in [0.05, 0.1) is 6.33 Å². The van der Waals surface area contributed by atoms with E-state index in [4.69, 9.17) is 5.73 Å². The molecule has 2 aromatic heterocycles. The zero-order chi connectivity index (χ0) is 14.1. The third-order valence-corrected chi connectivity index (χ3v) is 3.66. The summed E-state index contributed by atoms with van der Waals surface area (Å²) in [4.78, 5) is 26.0. The molecule has 0 saturated carbocycles. The first-order chi connectivity index (χ1) is 9.65. The van der Waals surface area contributed by atoms with Gasteiger partial charge in [0, 0.05) is 26.1 Å². The zero-order valence-electron chi connectivity index (χ0n) is 11.5. The number of hydrogen-bond donors (Lipinski definition) is 1. The van der Waals surface area contributed by atoms with Gasteiger partial charge in [0.2, 0.25) is 5.91 Å². The van der Waals surface area contributed by atoms with Crippen LogP contribution in [0.2, 0.25) is 0 Å². The van der Waals surface area contributed by atoms with E-state index in [1.165, 1.54) is 6.33 Å². The van der Waals surface area contributed by atoms with E-state index < -0.39 is 0 Å². The molecule has 106 valence electrons. The SMILES string of the molecule is CC1CC(=O)N(CCCn2cnc3c(N)ncnc32)C1. The van der Waals surface area contributed by atoms with E-state index in [1.807, 2.05) is 9.47 Å². The summed E-state index contributed by atoms with van der Waals surface area (Å²) in [6, 6.07) is 0. The Kier molecular flexibility index (Phi) is 3.25. The molecular weight excluding hydrogens is 256 g/mol. The molecule has 0 aliphatic carbocycles. The summed E-state index contributed by atoms with van der Waals surface area (Å²) in [5.74, 6) is 1.14. The highest BCUT2D eigenvalue weighted by molar-refractivity contribution is 5.81. The van der Waals surface area contributed by atoms with Crippen LogP contribution in [0.25, 0.3) is 11.2 Å². The first kappa shape index (κ1) is 12.8. The second-order valence-electron chi connectivity index (χ2n) is 5.37. The number of imidazole rings is 1. The van der Waals surface area contributed by atoms with Crippen LogP contribution in [0.5, 0.6) is 0 Å². The number of hydrogen-bond acceptors (Lipinski definition) is 5. The molecule has 20 heavy (non-hydrogen) atoms. The zero-order valence-corrected chi connectivity index (χ0v) is 11.5. The number of rotatable bonds is 4. The van der Waals surface area contributed by atoms with Crippen LogP contribution in [0.4, 0.5) is 5.82 Å². The Morgan fingerprint density at radius 3 is 2.95 bits per heavy atom. The lowest BCUT2D eigenvalue weighted by Gasteiger charge is -2.15. The van der Waals surface area contributed by atoms with Crippen molar-refractivity contribution in [3.05, 3.63) is 12.7 Å². The van der Waals surface area contributed by atoms with Crippen molar-refractivity contribution >= 4 is 22.9 Å². The van der Waals surface area contributed by atoms with Gasteiger partial charge in [0.15, 0.2) is 11.5 Å². The van der Waals surface area contributed by atoms with Gasteiger partial charge >= 0.3 is 0 Å². The Bertz CT molecular complexity index is 637. The molecule has 0 aromatic carbocycles. The number of nitrogens with zero attached hydrogens (tertiary/aromatic N) is 5. The summed E-state index contributed by atoms with van der Waals surface area (Å²) in [6.45, 7) is 4.54. The van der Waals surface area contributed by atoms with E-state index in [0.717, 1.165) is 31.7 Å². The first-order valence-electron chi connectivity index (χ1n) is 6.84.